The van der Waals surface area contributed by atoms with Crippen molar-refractivity contribution in [2.24, 2.45) is 0 Å². The summed E-state index contributed by atoms with van der Waals surface area (Å²) in [4.78, 5) is 29.9. The van der Waals surface area contributed by atoms with Crippen LogP contribution in [0.4, 0.5) is 0 Å². The second kappa shape index (κ2) is 27.6. The van der Waals surface area contributed by atoms with E-state index in [0.717, 1.165) is 128 Å². The van der Waals surface area contributed by atoms with Gasteiger partial charge in [0, 0.05) is 116 Å². The Morgan fingerprint density at radius 2 is 0.500 bits per heavy atom. The van der Waals surface area contributed by atoms with Crippen LogP contribution in [-0.4, -0.2) is 48.2 Å². The lowest BCUT2D eigenvalue weighted by molar-refractivity contribution is 0.434. The lowest BCUT2D eigenvalue weighted by Crippen LogP contribution is -2.37. The van der Waals surface area contributed by atoms with E-state index in [1.54, 1.807) is 0 Å². The molecule has 0 radical (unpaired) electrons. The third-order valence-corrected chi connectivity index (χ3v) is 26.8. The fourth-order valence-corrected chi connectivity index (χ4v) is 21.6. The summed E-state index contributed by atoms with van der Waals surface area (Å²) in [5.41, 5.74) is 27.2. The first-order chi connectivity index (χ1) is 63.5. The number of hydrogen-bond acceptors (Lipinski definition) is 8. The standard InChI is InChI=1S/2C58H35N5O/c1-3-16-36(17-4-1)55-59-56(37-18-5-2-6-19-37)61-57(60-55)38-30-32-39(33-31-38)62-48-26-11-8-21-41(48)43-34-47-53(35-51(43)62)64-52-29-14-10-24-45(52)58(47)44-23-9-13-28-50(44)63-49-27-12-7-20-40(49)42-22-15-25-46(58)54(42)63;1-3-16-36(17-4-1)55-59-56(37-18-5-2-6-19-37)61-57(60-55)38-30-32-39(33-31-38)62-48-26-11-7-21-41(48)43-34-35-47-54(53(43)62)64-51-29-14-10-24-45(51)58(47)44-23-9-13-28-50(44)63-49-27-12-8-20-40(49)42-22-15-25-46(58)52(42)63/h2*1-35H. The molecule has 0 N–H and O–H groups in total. The van der Waals surface area contributed by atoms with Gasteiger partial charge >= 0.3 is 0 Å². The van der Waals surface area contributed by atoms with E-state index in [1.165, 1.54) is 82.6 Å². The van der Waals surface area contributed by atoms with Gasteiger partial charge < -0.3 is 27.7 Å². The van der Waals surface area contributed by atoms with Gasteiger partial charge in [-0.1, -0.05) is 315 Å². The van der Waals surface area contributed by atoms with Gasteiger partial charge in [0.05, 0.1) is 66.3 Å². The second-order valence-corrected chi connectivity index (χ2v) is 33.4. The van der Waals surface area contributed by atoms with Gasteiger partial charge in [0.1, 0.15) is 17.2 Å². The van der Waals surface area contributed by atoms with E-state index in [1.807, 2.05) is 121 Å². The van der Waals surface area contributed by atoms with Crippen molar-refractivity contribution in [1.82, 2.24) is 48.2 Å². The van der Waals surface area contributed by atoms with Gasteiger partial charge in [-0.3, -0.25) is 0 Å². The van der Waals surface area contributed by atoms with Crippen LogP contribution in [0.5, 0.6) is 23.0 Å². The number of ether oxygens (including phenoxy) is 2. The Bertz CT molecular complexity index is 8650. The molecule has 4 aliphatic rings. The lowest BCUT2D eigenvalue weighted by atomic mass is 9.61. The zero-order chi connectivity index (χ0) is 83.9. The molecule has 0 bridgehead atoms. The van der Waals surface area contributed by atoms with Crippen molar-refractivity contribution >= 4 is 87.2 Å². The molecule has 24 aromatic rings. The molecule has 2 atom stereocenters. The van der Waals surface area contributed by atoms with Crippen LogP contribution in [0, 0.1) is 0 Å². The van der Waals surface area contributed by atoms with E-state index in [0.29, 0.717) is 34.9 Å². The molecular formula is C116H70N10O2. The molecule has 2 spiro atoms. The number of nitrogens with zero attached hydrogens (tertiary/aromatic N) is 10. The monoisotopic (exact) mass is 1630 g/mol. The zero-order valence-corrected chi connectivity index (χ0v) is 68.7. The molecule has 2 unspecified atom stereocenters. The zero-order valence-electron chi connectivity index (χ0n) is 68.7. The van der Waals surface area contributed by atoms with E-state index in [4.69, 9.17) is 39.4 Å². The van der Waals surface area contributed by atoms with Gasteiger partial charge in [-0.05, 0) is 125 Å². The van der Waals surface area contributed by atoms with Crippen LogP contribution in [-0.2, 0) is 10.8 Å². The van der Waals surface area contributed by atoms with Crippen molar-refractivity contribution in [2.45, 2.75) is 10.8 Å². The molecule has 0 fully saturated rings. The third kappa shape index (κ3) is 10.2. The summed E-state index contributed by atoms with van der Waals surface area (Å²) in [6.07, 6.45) is 0. The maximum absolute atomic E-state index is 7.32. The first kappa shape index (κ1) is 71.4. The first-order valence-corrected chi connectivity index (χ1v) is 43.4. The number of hydrogen-bond donors (Lipinski definition) is 0. The molecule has 0 amide bonds. The Hall–Kier alpha value is -17.2. The average molecular weight is 1640 g/mol. The van der Waals surface area contributed by atoms with Crippen LogP contribution < -0.4 is 9.47 Å². The maximum Gasteiger partial charge on any atom is 0.164 e. The topological polar surface area (TPSA) is 116 Å². The van der Waals surface area contributed by atoms with E-state index >= 15 is 0 Å². The first-order valence-electron chi connectivity index (χ1n) is 43.4. The summed E-state index contributed by atoms with van der Waals surface area (Å²) in [5, 5.41) is 9.61. The minimum atomic E-state index is -0.685. The highest BCUT2D eigenvalue weighted by atomic mass is 16.5. The molecule has 0 aliphatic carbocycles. The van der Waals surface area contributed by atoms with E-state index < -0.39 is 10.8 Å². The smallest absolute Gasteiger partial charge is 0.164 e. The van der Waals surface area contributed by atoms with Crippen molar-refractivity contribution in [2.75, 3.05) is 0 Å². The van der Waals surface area contributed by atoms with Gasteiger partial charge in [0.15, 0.2) is 40.7 Å². The number of aromatic nitrogens is 10. The van der Waals surface area contributed by atoms with Crippen molar-refractivity contribution < 1.29 is 9.47 Å². The molecule has 18 aromatic carbocycles. The molecular weight excluding hydrogens is 1570 g/mol. The van der Waals surface area contributed by atoms with E-state index in [2.05, 4.69) is 322 Å². The minimum absolute atomic E-state index is 0.614. The number of rotatable bonds is 8. The molecule has 12 heteroatoms. The highest BCUT2D eigenvalue weighted by Gasteiger charge is 2.53. The predicted molar refractivity (Wildman–Crippen MR) is 514 cm³/mol. The molecule has 0 saturated carbocycles. The van der Waals surface area contributed by atoms with Crippen LogP contribution in [0.25, 0.3) is 178 Å². The Morgan fingerprint density at radius 3 is 0.945 bits per heavy atom. The summed E-state index contributed by atoms with van der Waals surface area (Å²) in [6, 6.07) is 151. The van der Waals surface area contributed by atoms with Gasteiger partial charge in [-0.25, -0.2) is 29.9 Å². The molecule has 128 heavy (non-hydrogen) atoms. The second-order valence-electron chi connectivity index (χ2n) is 33.4. The van der Waals surface area contributed by atoms with E-state index in [9.17, 15) is 0 Å². The van der Waals surface area contributed by atoms with Crippen LogP contribution in [0.15, 0.2) is 425 Å². The molecule has 12 nitrogen and oxygen atoms in total. The van der Waals surface area contributed by atoms with Crippen LogP contribution in [0.1, 0.15) is 44.5 Å². The Balaban J connectivity index is 0.000000132. The molecule has 6 aromatic heterocycles. The van der Waals surface area contributed by atoms with Crippen LogP contribution in [0.2, 0.25) is 0 Å². The number of para-hydroxylation sites is 10. The Kier molecular flexibility index (Phi) is 15.4. The number of fused-ring (bicyclic) bond motifs is 29. The van der Waals surface area contributed by atoms with Crippen molar-refractivity contribution in [3.05, 3.63) is 469 Å². The minimum Gasteiger partial charge on any atom is -0.457 e. The summed E-state index contributed by atoms with van der Waals surface area (Å²) in [7, 11) is 0. The normalized spacial score (nSPS) is 14.8. The quantitative estimate of drug-likeness (QED) is 0.148. The fourth-order valence-electron chi connectivity index (χ4n) is 21.6. The largest absolute Gasteiger partial charge is 0.457 e. The van der Waals surface area contributed by atoms with Gasteiger partial charge in [-0.15, -0.1) is 0 Å². The van der Waals surface area contributed by atoms with E-state index in [-0.39, 0.29) is 0 Å². The Morgan fingerprint density at radius 1 is 0.180 bits per heavy atom. The summed E-state index contributed by atoms with van der Waals surface area (Å²) in [6.45, 7) is 0. The van der Waals surface area contributed by atoms with Crippen LogP contribution >= 0.6 is 0 Å². The summed E-state index contributed by atoms with van der Waals surface area (Å²) >= 11 is 0. The van der Waals surface area contributed by atoms with Crippen molar-refractivity contribution in [1.29, 1.82) is 0 Å². The van der Waals surface area contributed by atoms with Crippen molar-refractivity contribution in [3.8, 4) is 114 Å². The SMILES string of the molecule is c1ccc(-c2nc(-c3ccccc3)nc(-c3ccc(-n4c5ccccc5c5cc6c(cc54)Oc4ccccc4C64c5ccccc5-n5c6ccccc6c6cccc4c65)cc3)n2)cc1.c1ccc(-c2nc(-c3ccccc3)nc(-c3ccc(-n4c5ccccc5c5ccc6c(c54)Oc4ccccc4C64c5ccccc5-n5c6ccccc6c6cccc4c65)cc3)n2)cc1. The van der Waals surface area contributed by atoms with Crippen LogP contribution in [0.3, 0.4) is 0 Å². The van der Waals surface area contributed by atoms with Gasteiger partial charge in [-0.2, -0.15) is 0 Å². The molecule has 0 saturated heterocycles. The van der Waals surface area contributed by atoms with Gasteiger partial charge in [0.25, 0.3) is 0 Å². The summed E-state index contributed by atoms with van der Waals surface area (Å²) < 4.78 is 24.1. The molecule has 4 aliphatic heterocycles. The highest BCUT2D eigenvalue weighted by molar-refractivity contribution is 6.17. The Labute approximate surface area is 734 Å². The third-order valence-electron chi connectivity index (χ3n) is 26.8. The average Bonchev–Trinajstić information content (AvgIpc) is 1.37. The maximum atomic E-state index is 7.32. The fraction of sp³-hybridized carbons (Fsp3) is 0.0172. The summed E-state index contributed by atoms with van der Waals surface area (Å²) in [5.74, 6) is 7.18. The predicted octanol–water partition coefficient (Wildman–Crippen LogP) is 27.7. The molecule has 28 rings (SSSR count). The highest BCUT2D eigenvalue weighted by Crippen LogP contribution is 2.64. The molecule has 10 heterocycles. The number of benzene rings is 18. The van der Waals surface area contributed by atoms with Crippen molar-refractivity contribution in [3.63, 3.8) is 0 Å². The molecule has 596 valence electrons. The lowest BCUT2D eigenvalue weighted by Gasteiger charge is -2.45. The van der Waals surface area contributed by atoms with Gasteiger partial charge in [0.2, 0.25) is 0 Å².